The fourth-order valence-electron chi connectivity index (χ4n) is 1.14. The van der Waals surface area contributed by atoms with Crippen molar-refractivity contribution in [1.82, 2.24) is 9.97 Å². The average molecular weight is 207 g/mol. The molecule has 0 saturated carbocycles. The Bertz CT molecular complexity index is 377. The van der Waals surface area contributed by atoms with Gasteiger partial charge in [-0.15, -0.1) is 0 Å². The molecule has 0 bridgehead atoms. The number of hydrogen-bond donors (Lipinski definition) is 3. The lowest BCUT2D eigenvalue weighted by Crippen LogP contribution is -2.38. The first kappa shape index (κ1) is 11.7. The van der Waals surface area contributed by atoms with E-state index in [0.717, 1.165) is 11.3 Å². The Morgan fingerprint density at radius 3 is 3.00 bits per heavy atom. The number of aliphatic hydroxyl groups is 1. The third-order valence-electron chi connectivity index (χ3n) is 2.16. The van der Waals surface area contributed by atoms with Crippen LogP contribution >= 0.6 is 0 Å². The highest BCUT2D eigenvalue weighted by Gasteiger charge is 2.23. The lowest BCUT2D eigenvalue weighted by Gasteiger charge is -2.18. The van der Waals surface area contributed by atoms with Gasteiger partial charge in [-0.1, -0.05) is 18.7 Å². The lowest BCUT2D eigenvalue weighted by atomic mass is 10.1. The van der Waals surface area contributed by atoms with E-state index in [1.54, 1.807) is 13.1 Å². The Hall–Kier alpha value is -1.39. The van der Waals surface area contributed by atoms with E-state index >= 15 is 0 Å². The Balaban J connectivity index is 2.95. The van der Waals surface area contributed by atoms with Crippen LogP contribution in [0.15, 0.2) is 24.9 Å². The van der Waals surface area contributed by atoms with Gasteiger partial charge in [0.05, 0.1) is 24.0 Å². The van der Waals surface area contributed by atoms with Crippen molar-refractivity contribution in [1.29, 1.82) is 0 Å². The first-order valence-electron chi connectivity index (χ1n) is 4.78. The second-order valence-electron chi connectivity index (χ2n) is 3.75. The highest BCUT2D eigenvalue weighted by Crippen LogP contribution is 2.17. The van der Waals surface area contributed by atoms with E-state index in [4.69, 9.17) is 10.8 Å². The molecular weight excluding hydrogens is 190 g/mol. The predicted molar refractivity (Wildman–Crippen MR) is 61.1 cm³/mol. The Morgan fingerprint density at radius 2 is 2.47 bits per heavy atom. The predicted octanol–water partition coefficient (Wildman–Crippen LogP) is 1.17. The zero-order valence-corrected chi connectivity index (χ0v) is 9.12. The maximum atomic E-state index is 9.08. The van der Waals surface area contributed by atoms with Crippen molar-refractivity contribution in [3.05, 3.63) is 36.4 Å². The molecule has 1 heterocycles. The van der Waals surface area contributed by atoms with Crippen LogP contribution in [0.5, 0.6) is 0 Å². The van der Waals surface area contributed by atoms with Gasteiger partial charge in [-0.05, 0) is 19.4 Å². The van der Waals surface area contributed by atoms with Crippen LogP contribution in [0.25, 0.3) is 5.57 Å². The SMILES string of the molecule is C=C(/C=C\C)c1cnc(C(C)(N)CO)[nH]1. The fraction of sp³-hybridized carbons (Fsp3) is 0.364. The lowest BCUT2D eigenvalue weighted by molar-refractivity contribution is 0.204. The number of aromatic nitrogens is 2. The molecule has 0 aliphatic carbocycles. The second-order valence-corrected chi connectivity index (χ2v) is 3.75. The number of hydrogen-bond acceptors (Lipinski definition) is 3. The molecular formula is C11H17N3O. The van der Waals surface area contributed by atoms with Crippen LogP contribution in [0.4, 0.5) is 0 Å². The maximum Gasteiger partial charge on any atom is 0.128 e. The van der Waals surface area contributed by atoms with E-state index in [1.165, 1.54) is 0 Å². The fourth-order valence-corrected chi connectivity index (χ4v) is 1.14. The molecule has 1 rings (SSSR count). The zero-order chi connectivity index (χ0) is 11.5. The smallest absolute Gasteiger partial charge is 0.128 e. The highest BCUT2D eigenvalue weighted by atomic mass is 16.3. The molecule has 4 nitrogen and oxygen atoms in total. The van der Waals surface area contributed by atoms with Crippen LogP contribution in [0.3, 0.4) is 0 Å². The normalized spacial score (nSPS) is 15.5. The molecule has 1 unspecified atom stereocenters. The quantitative estimate of drug-likeness (QED) is 0.649. The van der Waals surface area contributed by atoms with Crippen molar-refractivity contribution in [3.8, 4) is 0 Å². The third-order valence-corrected chi connectivity index (χ3v) is 2.16. The standard InChI is InChI=1S/C11H17N3O/c1-4-5-8(2)9-6-13-10(14-9)11(3,12)7-15/h4-6,15H,2,7,12H2,1,3H3,(H,13,14)/b5-4-. The van der Waals surface area contributed by atoms with Crippen LogP contribution in [-0.2, 0) is 5.54 Å². The van der Waals surface area contributed by atoms with Crippen LogP contribution in [0.1, 0.15) is 25.4 Å². The van der Waals surface area contributed by atoms with Crippen LogP contribution in [0.2, 0.25) is 0 Å². The minimum atomic E-state index is -0.839. The van der Waals surface area contributed by atoms with Gasteiger partial charge in [-0.3, -0.25) is 0 Å². The van der Waals surface area contributed by atoms with Crippen molar-refractivity contribution in [3.63, 3.8) is 0 Å². The summed E-state index contributed by atoms with van der Waals surface area (Å²) < 4.78 is 0. The first-order valence-corrected chi connectivity index (χ1v) is 4.78. The molecule has 0 radical (unpaired) electrons. The topological polar surface area (TPSA) is 74.9 Å². The van der Waals surface area contributed by atoms with Crippen molar-refractivity contribution < 1.29 is 5.11 Å². The minimum Gasteiger partial charge on any atom is -0.394 e. The molecule has 4 N–H and O–H groups in total. The van der Waals surface area contributed by atoms with Gasteiger partial charge in [0, 0.05) is 0 Å². The number of nitrogens with two attached hydrogens (primary N) is 1. The number of H-pyrrole nitrogens is 1. The van der Waals surface area contributed by atoms with Crippen molar-refractivity contribution in [2.45, 2.75) is 19.4 Å². The van der Waals surface area contributed by atoms with Gasteiger partial charge < -0.3 is 15.8 Å². The number of imidazole rings is 1. The molecule has 0 spiro atoms. The Labute approximate surface area is 89.5 Å². The molecule has 0 aliphatic heterocycles. The van der Waals surface area contributed by atoms with Crippen LogP contribution in [-0.4, -0.2) is 21.7 Å². The van der Waals surface area contributed by atoms with Gasteiger partial charge in [-0.2, -0.15) is 0 Å². The van der Waals surface area contributed by atoms with E-state index < -0.39 is 5.54 Å². The summed E-state index contributed by atoms with van der Waals surface area (Å²) in [6.45, 7) is 7.35. The molecule has 0 saturated heterocycles. The summed E-state index contributed by atoms with van der Waals surface area (Å²) in [5, 5.41) is 9.08. The van der Waals surface area contributed by atoms with Gasteiger partial charge in [-0.25, -0.2) is 4.98 Å². The van der Waals surface area contributed by atoms with E-state index in [9.17, 15) is 0 Å². The average Bonchev–Trinajstić information content (AvgIpc) is 2.67. The second kappa shape index (κ2) is 4.42. The molecule has 15 heavy (non-hydrogen) atoms. The van der Waals surface area contributed by atoms with E-state index in [-0.39, 0.29) is 6.61 Å². The third kappa shape index (κ3) is 2.55. The van der Waals surface area contributed by atoms with Crippen molar-refractivity contribution in [2.75, 3.05) is 6.61 Å². The molecule has 0 aliphatic rings. The molecule has 0 aromatic carbocycles. The number of nitrogens with zero attached hydrogens (tertiary/aromatic N) is 1. The number of nitrogens with one attached hydrogen (secondary N) is 1. The molecule has 4 heteroatoms. The van der Waals surface area contributed by atoms with E-state index in [1.807, 2.05) is 19.1 Å². The van der Waals surface area contributed by atoms with Crippen molar-refractivity contribution >= 4 is 5.57 Å². The molecule has 1 atom stereocenters. The molecule has 1 aromatic rings. The number of aliphatic hydroxyl groups excluding tert-OH is 1. The van der Waals surface area contributed by atoms with Gasteiger partial charge in [0.15, 0.2) is 0 Å². The molecule has 1 aromatic heterocycles. The molecule has 0 amide bonds. The maximum absolute atomic E-state index is 9.08. The van der Waals surface area contributed by atoms with Crippen LogP contribution in [0, 0.1) is 0 Å². The van der Waals surface area contributed by atoms with Gasteiger partial charge in [0.25, 0.3) is 0 Å². The molecule has 82 valence electrons. The number of allylic oxidation sites excluding steroid dienone is 3. The Kier molecular flexibility index (Phi) is 3.44. The largest absolute Gasteiger partial charge is 0.394 e. The summed E-state index contributed by atoms with van der Waals surface area (Å²) in [6, 6.07) is 0. The van der Waals surface area contributed by atoms with Crippen LogP contribution < -0.4 is 5.73 Å². The number of aromatic amines is 1. The summed E-state index contributed by atoms with van der Waals surface area (Å²) in [5.74, 6) is 0.561. The van der Waals surface area contributed by atoms with Gasteiger partial charge in [0.2, 0.25) is 0 Å². The van der Waals surface area contributed by atoms with Gasteiger partial charge >= 0.3 is 0 Å². The first-order chi connectivity index (χ1) is 7.01. The van der Waals surface area contributed by atoms with E-state index in [2.05, 4.69) is 16.5 Å². The summed E-state index contributed by atoms with van der Waals surface area (Å²) in [5.41, 5.74) is 6.65. The molecule has 0 fully saturated rings. The number of rotatable bonds is 4. The summed E-state index contributed by atoms with van der Waals surface area (Å²) >= 11 is 0. The summed E-state index contributed by atoms with van der Waals surface area (Å²) in [6.07, 6.45) is 5.44. The highest BCUT2D eigenvalue weighted by molar-refractivity contribution is 5.68. The summed E-state index contributed by atoms with van der Waals surface area (Å²) in [7, 11) is 0. The summed E-state index contributed by atoms with van der Waals surface area (Å²) in [4.78, 5) is 7.17. The Morgan fingerprint density at radius 1 is 1.80 bits per heavy atom. The van der Waals surface area contributed by atoms with Crippen molar-refractivity contribution in [2.24, 2.45) is 5.73 Å². The monoisotopic (exact) mass is 207 g/mol. The zero-order valence-electron chi connectivity index (χ0n) is 9.12. The van der Waals surface area contributed by atoms with E-state index in [0.29, 0.717) is 5.82 Å². The van der Waals surface area contributed by atoms with Gasteiger partial charge in [0.1, 0.15) is 5.82 Å². The minimum absolute atomic E-state index is 0.157.